The molecular weight excluding hydrogens is 214 g/mol. The average Bonchev–Trinajstić information content (AvgIpc) is 2.77. The summed E-state index contributed by atoms with van der Waals surface area (Å²) in [5.41, 5.74) is 0.509. The SMILES string of the molecule is C[C@@H](NC(=O)c1ccn(C)n1)C1CCCCC1. The molecule has 0 radical (unpaired) electrons. The molecule has 17 heavy (non-hydrogen) atoms. The minimum absolute atomic E-state index is 0.0522. The highest BCUT2D eigenvalue weighted by Gasteiger charge is 2.22. The van der Waals surface area contributed by atoms with Gasteiger partial charge in [-0.1, -0.05) is 19.3 Å². The molecule has 1 aliphatic rings. The first-order valence-electron chi connectivity index (χ1n) is 6.47. The van der Waals surface area contributed by atoms with Gasteiger partial charge >= 0.3 is 0 Å². The van der Waals surface area contributed by atoms with E-state index in [0.29, 0.717) is 11.6 Å². The Morgan fingerprint density at radius 3 is 2.76 bits per heavy atom. The van der Waals surface area contributed by atoms with Crippen LogP contribution >= 0.6 is 0 Å². The van der Waals surface area contributed by atoms with E-state index in [0.717, 1.165) is 0 Å². The zero-order valence-electron chi connectivity index (χ0n) is 10.6. The predicted octanol–water partition coefficient (Wildman–Crippen LogP) is 2.12. The van der Waals surface area contributed by atoms with E-state index in [1.165, 1.54) is 32.1 Å². The number of aryl methyl sites for hydroxylation is 1. The quantitative estimate of drug-likeness (QED) is 0.872. The minimum atomic E-state index is -0.0522. The van der Waals surface area contributed by atoms with Crippen LogP contribution in [0.2, 0.25) is 0 Å². The van der Waals surface area contributed by atoms with Crippen LogP contribution in [0.3, 0.4) is 0 Å². The number of hydrogen-bond donors (Lipinski definition) is 1. The number of carbonyl (C=O) groups is 1. The summed E-state index contributed by atoms with van der Waals surface area (Å²) in [4.78, 5) is 11.9. The molecule has 1 aromatic rings. The lowest BCUT2D eigenvalue weighted by atomic mass is 9.84. The van der Waals surface area contributed by atoms with Crippen LogP contribution in [0.5, 0.6) is 0 Å². The number of aromatic nitrogens is 2. The molecule has 4 heteroatoms. The van der Waals surface area contributed by atoms with Gasteiger partial charge in [0.15, 0.2) is 0 Å². The van der Waals surface area contributed by atoms with Crippen LogP contribution in [0.15, 0.2) is 12.3 Å². The Labute approximate surface area is 102 Å². The summed E-state index contributed by atoms with van der Waals surface area (Å²) < 4.78 is 1.65. The molecule has 1 fully saturated rings. The molecule has 1 atom stereocenters. The summed E-state index contributed by atoms with van der Waals surface area (Å²) in [5, 5.41) is 7.18. The third kappa shape index (κ3) is 3.08. The van der Waals surface area contributed by atoms with E-state index in [1.807, 2.05) is 7.05 Å². The van der Waals surface area contributed by atoms with Crippen molar-refractivity contribution in [1.29, 1.82) is 0 Å². The van der Waals surface area contributed by atoms with E-state index in [-0.39, 0.29) is 11.9 Å². The molecule has 94 valence electrons. The Kier molecular flexibility index (Phi) is 3.82. The molecule has 1 aromatic heterocycles. The van der Waals surface area contributed by atoms with Gasteiger partial charge in [-0.15, -0.1) is 0 Å². The van der Waals surface area contributed by atoms with Crippen molar-refractivity contribution in [2.24, 2.45) is 13.0 Å². The lowest BCUT2D eigenvalue weighted by molar-refractivity contribution is 0.0913. The first-order valence-corrected chi connectivity index (χ1v) is 6.47. The summed E-state index contributed by atoms with van der Waals surface area (Å²) in [7, 11) is 1.82. The van der Waals surface area contributed by atoms with Gasteiger partial charge in [0, 0.05) is 19.3 Å². The van der Waals surface area contributed by atoms with Crippen molar-refractivity contribution in [3.8, 4) is 0 Å². The van der Waals surface area contributed by atoms with Crippen molar-refractivity contribution in [2.45, 2.75) is 45.1 Å². The fraction of sp³-hybridized carbons (Fsp3) is 0.692. The first kappa shape index (κ1) is 12.1. The third-order valence-electron chi connectivity index (χ3n) is 3.66. The number of amides is 1. The predicted molar refractivity (Wildman–Crippen MR) is 66.7 cm³/mol. The monoisotopic (exact) mass is 235 g/mol. The Morgan fingerprint density at radius 2 is 2.18 bits per heavy atom. The largest absolute Gasteiger partial charge is 0.348 e. The van der Waals surface area contributed by atoms with Crippen LogP contribution in [0.4, 0.5) is 0 Å². The molecule has 0 saturated heterocycles. The van der Waals surface area contributed by atoms with Gasteiger partial charge in [-0.05, 0) is 31.7 Å². The summed E-state index contributed by atoms with van der Waals surface area (Å²) in [5.74, 6) is 0.583. The normalized spacial score (nSPS) is 18.9. The van der Waals surface area contributed by atoms with Gasteiger partial charge in [0.1, 0.15) is 5.69 Å². The van der Waals surface area contributed by atoms with Crippen molar-refractivity contribution in [3.05, 3.63) is 18.0 Å². The number of rotatable bonds is 3. The van der Waals surface area contributed by atoms with E-state index in [2.05, 4.69) is 17.3 Å². The molecule has 2 rings (SSSR count). The highest BCUT2D eigenvalue weighted by atomic mass is 16.2. The molecule has 0 bridgehead atoms. The lowest BCUT2D eigenvalue weighted by Crippen LogP contribution is -2.39. The maximum Gasteiger partial charge on any atom is 0.271 e. The maximum absolute atomic E-state index is 11.9. The lowest BCUT2D eigenvalue weighted by Gasteiger charge is -2.28. The van der Waals surface area contributed by atoms with Gasteiger partial charge in [-0.3, -0.25) is 9.48 Å². The Bertz CT molecular complexity index is 380. The van der Waals surface area contributed by atoms with Crippen LogP contribution in [0.25, 0.3) is 0 Å². The second kappa shape index (κ2) is 5.34. The number of carbonyl (C=O) groups excluding carboxylic acids is 1. The third-order valence-corrected chi connectivity index (χ3v) is 3.66. The molecule has 0 unspecified atom stereocenters. The van der Waals surface area contributed by atoms with E-state index in [1.54, 1.807) is 16.9 Å². The fourth-order valence-corrected chi connectivity index (χ4v) is 2.57. The molecule has 0 aromatic carbocycles. The Hall–Kier alpha value is -1.32. The second-order valence-electron chi connectivity index (χ2n) is 5.03. The van der Waals surface area contributed by atoms with Crippen LogP contribution in [-0.2, 0) is 7.05 Å². The minimum Gasteiger partial charge on any atom is -0.348 e. The molecule has 1 saturated carbocycles. The summed E-state index contributed by atoms with van der Waals surface area (Å²) in [6, 6.07) is 2.01. The standard InChI is InChI=1S/C13H21N3O/c1-10(11-6-4-3-5-7-11)14-13(17)12-8-9-16(2)15-12/h8-11H,3-7H2,1-2H3,(H,14,17)/t10-/m1/s1. The van der Waals surface area contributed by atoms with Crippen LogP contribution in [0.1, 0.15) is 49.5 Å². The Morgan fingerprint density at radius 1 is 1.47 bits per heavy atom. The average molecular weight is 235 g/mol. The Balaban J connectivity index is 1.89. The molecule has 1 amide bonds. The second-order valence-corrected chi connectivity index (χ2v) is 5.03. The summed E-state index contributed by atoms with van der Waals surface area (Å²) in [6.45, 7) is 2.11. The zero-order valence-corrected chi connectivity index (χ0v) is 10.6. The highest BCUT2D eigenvalue weighted by molar-refractivity contribution is 5.92. The molecule has 1 N–H and O–H groups in total. The van der Waals surface area contributed by atoms with Crippen LogP contribution in [-0.4, -0.2) is 21.7 Å². The molecule has 1 heterocycles. The maximum atomic E-state index is 11.9. The summed E-state index contributed by atoms with van der Waals surface area (Å²) in [6.07, 6.45) is 8.22. The van der Waals surface area contributed by atoms with Gasteiger partial charge in [0.25, 0.3) is 5.91 Å². The van der Waals surface area contributed by atoms with E-state index in [4.69, 9.17) is 0 Å². The highest BCUT2D eigenvalue weighted by Crippen LogP contribution is 2.26. The zero-order chi connectivity index (χ0) is 12.3. The fourth-order valence-electron chi connectivity index (χ4n) is 2.57. The number of hydrogen-bond acceptors (Lipinski definition) is 2. The van der Waals surface area contributed by atoms with Crippen molar-refractivity contribution >= 4 is 5.91 Å². The van der Waals surface area contributed by atoms with E-state index < -0.39 is 0 Å². The topological polar surface area (TPSA) is 46.9 Å². The molecule has 4 nitrogen and oxygen atoms in total. The first-order chi connectivity index (χ1) is 8.16. The van der Waals surface area contributed by atoms with E-state index in [9.17, 15) is 4.79 Å². The van der Waals surface area contributed by atoms with Gasteiger partial charge in [0.2, 0.25) is 0 Å². The van der Waals surface area contributed by atoms with Crippen molar-refractivity contribution < 1.29 is 4.79 Å². The van der Waals surface area contributed by atoms with E-state index >= 15 is 0 Å². The van der Waals surface area contributed by atoms with Gasteiger partial charge in [0.05, 0.1) is 0 Å². The molecule has 0 aliphatic heterocycles. The van der Waals surface area contributed by atoms with Crippen molar-refractivity contribution in [1.82, 2.24) is 15.1 Å². The van der Waals surface area contributed by atoms with Gasteiger partial charge in [-0.25, -0.2) is 0 Å². The summed E-state index contributed by atoms with van der Waals surface area (Å²) >= 11 is 0. The smallest absolute Gasteiger partial charge is 0.271 e. The van der Waals surface area contributed by atoms with Crippen LogP contribution in [0, 0.1) is 5.92 Å². The van der Waals surface area contributed by atoms with Crippen LogP contribution < -0.4 is 5.32 Å². The molecule has 0 spiro atoms. The number of nitrogens with zero attached hydrogens (tertiary/aromatic N) is 2. The number of nitrogens with one attached hydrogen (secondary N) is 1. The van der Waals surface area contributed by atoms with Crippen molar-refractivity contribution in [3.63, 3.8) is 0 Å². The van der Waals surface area contributed by atoms with Gasteiger partial charge < -0.3 is 5.32 Å². The van der Waals surface area contributed by atoms with Crippen molar-refractivity contribution in [2.75, 3.05) is 0 Å². The molecular formula is C13H21N3O. The molecule has 1 aliphatic carbocycles. The van der Waals surface area contributed by atoms with Gasteiger partial charge in [-0.2, -0.15) is 5.10 Å².